The van der Waals surface area contributed by atoms with Gasteiger partial charge in [0.15, 0.2) is 0 Å². The van der Waals surface area contributed by atoms with E-state index in [1.807, 2.05) is 30.3 Å². The Morgan fingerprint density at radius 2 is 1.76 bits per heavy atom. The highest BCUT2D eigenvalue weighted by atomic mass is 16.6. The van der Waals surface area contributed by atoms with Crippen LogP contribution in [0.2, 0.25) is 0 Å². The molecule has 2 rings (SSSR count). The normalized spacial score (nSPS) is 13.0. The molecule has 0 radical (unpaired) electrons. The zero-order valence-electron chi connectivity index (χ0n) is 17.2. The van der Waals surface area contributed by atoms with Crippen LogP contribution in [0.4, 0.5) is 4.79 Å². The Hall–Kier alpha value is -3.08. The lowest BCUT2D eigenvalue weighted by molar-refractivity contribution is 0.0263. The minimum Gasteiger partial charge on any atom is -0.497 e. The molecule has 0 aliphatic heterocycles. The molecule has 0 saturated carbocycles. The number of amides is 1. The van der Waals surface area contributed by atoms with Gasteiger partial charge in [0.1, 0.15) is 23.4 Å². The molecule has 0 bridgehead atoms. The van der Waals surface area contributed by atoms with Crippen LogP contribution in [0.3, 0.4) is 0 Å². The van der Waals surface area contributed by atoms with E-state index in [0.29, 0.717) is 5.75 Å². The SMILES string of the molecule is COc1ccc([C@H](NC(=O)OC(C)(C)C)[C@H](C=C=O)OCc2ccccc2)cc1. The molecule has 0 aliphatic rings. The van der Waals surface area contributed by atoms with E-state index in [4.69, 9.17) is 14.2 Å². The third-order valence-electron chi connectivity index (χ3n) is 3.99. The minimum atomic E-state index is -0.742. The van der Waals surface area contributed by atoms with E-state index in [0.717, 1.165) is 11.1 Å². The molecule has 154 valence electrons. The van der Waals surface area contributed by atoms with Crippen molar-refractivity contribution < 1.29 is 23.8 Å². The Morgan fingerprint density at radius 1 is 1.10 bits per heavy atom. The number of carbonyl (C=O) groups excluding carboxylic acids is 2. The first-order valence-corrected chi connectivity index (χ1v) is 9.32. The third kappa shape index (κ3) is 7.45. The lowest BCUT2D eigenvalue weighted by Crippen LogP contribution is -2.40. The van der Waals surface area contributed by atoms with E-state index in [1.54, 1.807) is 58.1 Å². The Balaban J connectivity index is 2.27. The number of nitrogens with one attached hydrogen (secondary N) is 1. The second-order valence-corrected chi connectivity index (χ2v) is 7.44. The zero-order chi connectivity index (χ0) is 21.3. The predicted octanol–water partition coefficient (Wildman–Crippen LogP) is 4.23. The van der Waals surface area contributed by atoms with Crippen LogP contribution in [0.5, 0.6) is 5.75 Å². The first-order valence-electron chi connectivity index (χ1n) is 9.32. The van der Waals surface area contributed by atoms with Crippen LogP contribution in [0.15, 0.2) is 60.7 Å². The van der Waals surface area contributed by atoms with Crippen molar-refractivity contribution in [3.63, 3.8) is 0 Å². The van der Waals surface area contributed by atoms with Crippen molar-refractivity contribution >= 4 is 12.0 Å². The van der Waals surface area contributed by atoms with Gasteiger partial charge in [-0.25, -0.2) is 9.59 Å². The molecule has 6 nitrogen and oxygen atoms in total. The molecule has 0 spiro atoms. The number of alkyl carbamates (subject to hydrolysis) is 1. The van der Waals surface area contributed by atoms with Crippen molar-refractivity contribution in [1.82, 2.24) is 5.32 Å². The summed E-state index contributed by atoms with van der Waals surface area (Å²) in [6.45, 7) is 5.61. The fourth-order valence-electron chi connectivity index (χ4n) is 2.68. The van der Waals surface area contributed by atoms with Gasteiger partial charge in [-0.05, 0) is 44.0 Å². The molecule has 0 fully saturated rings. The van der Waals surface area contributed by atoms with Crippen molar-refractivity contribution in [2.45, 2.75) is 45.1 Å². The molecule has 2 aromatic carbocycles. The molecule has 6 heteroatoms. The number of ether oxygens (including phenoxy) is 3. The number of carbonyl (C=O) groups is 1. The lowest BCUT2D eigenvalue weighted by atomic mass is 10.0. The van der Waals surface area contributed by atoms with E-state index in [1.165, 1.54) is 6.08 Å². The summed E-state index contributed by atoms with van der Waals surface area (Å²) >= 11 is 0. The molecule has 0 aromatic heterocycles. The van der Waals surface area contributed by atoms with E-state index >= 15 is 0 Å². The van der Waals surface area contributed by atoms with Gasteiger partial charge < -0.3 is 19.5 Å². The van der Waals surface area contributed by atoms with Crippen LogP contribution in [-0.2, 0) is 20.9 Å². The number of rotatable bonds is 8. The van der Waals surface area contributed by atoms with E-state index in [-0.39, 0.29) is 6.61 Å². The van der Waals surface area contributed by atoms with Gasteiger partial charge in [-0.15, -0.1) is 0 Å². The number of hydrogen-bond acceptors (Lipinski definition) is 5. The monoisotopic (exact) mass is 397 g/mol. The van der Waals surface area contributed by atoms with Crippen molar-refractivity contribution in [3.05, 3.63) is 71.8 Å². The second kappa shape index (κ2) is 10.5. The zero-order valence-corrected chi connectivity index (χ0v) is 17.2. The summed E-state index contributed by atoms with van der Waals surface area (Å²) in [6.07, 6.45) is -0.0885. The summed E-state index contributed by atoms with van der Waals surface area (Å²) < 4.78 is 16.5. The van der Waals surface area contributed by atoms with E-state index in [9.17, 15) is 9.59 Å². The van der Waals surface area contributed by atoms with Crippen LogP contribution < -0.4 is 10.1 Å². The van der Waals surface area contributed by atoms with Gasteiger partial charge >= 0.3 is 6.09 Å². The van der Waals surface area contributed by atoms with E-state index < -0.39 is 23.8 Å². The number of benzene rings is 2. The average molecular weight is 397 g/mol. The molecule has 2 atom stereocenters. The summed E-state index contributed by atoms with van der Waals surface area (Å²) in [5, 5.41) is 2.81. The van der Waals surface area contributed by atoms with Crippen LogP contribution in [0, 0.1) is 0 Å². The third-order valence-corrected chi connectivity index (χ3v) is 3.99. The van der Waals surface area contributed by atoms with Gasteiger partial charge in [0.05, 0.1) is 19.8 Å². The summed E-state index contributed by atoms with van der Waals surface area (Å²) in [7, 11) is 1.58. The van der Waals surface area contributed by atoms with Crippen LogP contribution in [0.25, 0.3) is 0 Å². The summed E-state index contributed by atoms with van der Waals surface area (Å²) in [4.78, 5) is 23.6. The van der Waals surface area contributed by atoms with Crippen molar-refractivity contribution in [3.8, 4) is 5.75 Å². The maximum absolute atomic E-state index is 12.4. The van der Waals surface area contributed by atoms with Crippen molar-refractivity contribution in [2.24, 2.45) is 0 Å². The Kier molecular flexibility index (Phi) is 8.01. The first kappa shape index (κ1) is 22.2. The smallest absolute Gasteiger partial charge is 0.408 e. The largest absolute Gasteiger partial charge is 0.497 e. The van der Waals surface area contributed by atoms with Crippen LogP contribution in [-0.4, -0.2) is 30.8 Å². The first-order chi connectivity index (χ1) is 13.8. The average Bonchev–Trinajstić information content (AvgIpc) is 2.69. The highest BCUT2D eigenvalue weighted by molar-refractivity contribution is 5.68. The molecule has 0 aliphatic carbocycles. The van der Waals surface area contributed by atoms with Gasteiger partial charge in [0.2, 0.25) is 0 Å². The molecule has 0 unspecified atom stereocenters. The lowest BCUT2D eigenvalue weighted by Gasteiger charge is -2.28. The van der Waals surface area contributed by atoms with Gasteiger partial charge in [-0.2, -0.15) is 0 Å². The molecular formula is C23H27NO5. The second-order valence-electron chi connectivity index (χ2n) is 7.44. The Labute approximate surface area is 171 Å². The molecule has 2 aromatic rings. The minimum absolute atomic E-state index is 0.270. The Morgan fingerprint density at radius 3 is 2.31 bits per heavy atom. The highest BCUT2D eigenvalue weighted by Crippen LogP contribution is 2.24. The highest BCUT2D eigenvalue weighted by Gasteiger charge is 2.27. The van der Waals surface area contributed by atoms with Crippen LogP contribution >= 0.6 is 0 Å². The Bertz CT molecular complexity index is 821. The van der Waals surface area contributed by atoms with Gasteiger partial charge in [-0.1, -0.05) is 42.5 Å². The molecule has 0 saturated heterocycles. The number of methoxy groups -OCH3 is 1. The van der Waals surface area contributed by atoms with Crippen LogP contribution in [0.1, 0.15) is 37.9 Å². The molecule has 0 heterocycles. The molecule has 1 N–H and O–H groups in total. The van der Waals surface area contributed by atoms with Gasteiger partial charge in [0, 0.05) is 6.08 Å². The standard InChI is InChI=1S/C23H27NO5/c1-23(2,3)29-22(26)24-21(18-10-12-19(27-4)13-11-18)20(14-15-25)28-16-17-8-6-5-7-9-17/h5-14,20-21H,16H2,1-4H3,(H,24,26)/t20-,21-/m0/s1. The topological polar surface area (TPSA) is 73.9 Å². The fraction of sp³-hybridized carbons (Fsp3) is 0.348. The predicted molar refractivity (Wildman–Crippen MR) is 110 cm³/mol. The molecular weight excluding hydrogens is 370 g/mol. The fourth-order valence-corrected chi connectivity index (χ4v) is 2.68. The number of hydrogen-bond donors (Lipinski definition) is 1. The summed E-state index contributed by atoms with van der Waals surface area (Å²) in [5.74, 6) is 2.46. The van der Waals surface area contributed by atoms with Gasteiger partial charge in [0.25, 0.3) is 0 Å². The maximum Gasteiger partial charge on any atom is 0.408 e. The van der Waals surface area contributed by atoms with Gasteiger partial charge in [-0.3, -0.25) is 0 Å². The van der Waals surface area contributed by atoms with Crippen molar-refractivity contribution in [1.29, 1.82) is 0 Å². The maximum atomic E-state index is 12.4. The summed E-state index contributed by atoms with van der Waals surface area (Å²) in [5.41, 5.74) is 1.03. The summed E-state index contributed by atoms with van der Waals surface area (Å²) in [6, 6.07) is 16.1. The molecule has 1 amide bonds. The quantitative estimate of drug-likeness (QED) is 0.675. The van der Waals surface area contributed by atoms with Crippen molar-refractivity contribution in [2.75, 3.05) is 7.11 Å². The van der Waals surface area contributed by atoms with E-state index in [2.05, 4.69) is 5.32 Å². The molecule has 29 heavy (non-hydrogen) atoms.